The molecule has 0 radical (unpaired) electrons. The molecule has 3 atom stereocenters. The zero-order valence-corrected chi connectivity index (χ0v) is 25.0. The van der Waals surface area contributed by atoms with Crippen molar-refractivity contribution in [2.24, 2.45) is 5.73 Å². The molecule has 0 amide bonds. The topological polar surface area (TPSA) is 152 Å². The van der Waals surface area contributed by atoms with Gasteiger partial charge in [0.1, 0.15) is 11.5 Å². The van der Waals surface area contributed by atoms with Crippen LogP contribution < -0.4 is 15.5 Å². The van der Waals surface area contributed by atoms with Crippen molar-refractivity contribution in [1.29, 1.82) is 5.26 Å². The first-order chi connectivity index (χ1) is 20.0. The molecule has 2 aliphatic heterocycles. The molecule has 0 spiro atoms. The molecule has 2 aromatic carbocycles. The average molecular weight is 595 g/mol. The number of nitriles is 1. The Morgan fingerprint density at radius 2 is 1.64 bits per heavy atom. The molecule has 0 aliphatic carbocycles. The Balaban J connectivity index is 2.12. The van der Waals surface area contributed by atoms with Crippen molar-refractivity contribution >= 4 is 33.2 Å². The highest BCUT2D eigenvalue weighted by Crippen LogP contribution is 2.46. The van der Waals surface area contributed by atoms with Crippen LogP contribution in [0.25, 0.3) is 0 Å². The van der Waals surface area contributed by atoms with E-state index >= 15 is 0 Å². The molecule has 0 saturated carbocycles. The second-order valence-corrected chi connectivity index (χ2v) is 12.3. The molecule has 2 aliphatic rings. The van der Waals surface area contributed by atoms with Gasteiger partial charge < -0.3 is 24.8 Å². The zero-order valence-electron chi connectivity index (χ0n) is 24.2. The third kappa shape index (κ3) is 5.57. The maximum atomic E-state index is 13.6. The van der Waals surface area contributed by atoms with Crippen molar-refractivity contribution in [2.75, 3.05) is 42.9 Å². The highest BCUT2D eigenvalue weighted by atomic mass is 32.2. The molecule has 4 rings (SSSR count). The van der Waals surface area contributed by atoms with Gasteiger partial charge in [0, 0.05) is 13.1 Å². The summed E-state index contributed by atoms with van der Waals surface area (Å²) in [7, 11) is -1.39. The number of nitrogens with two attached hydrogens (primary N) is 1. The monoisotopic (exact) mass is 594 g/mol. The second-order valence-electron chi connectivity index (χ2n) is 10.1. The molecule has 11 nitrogen and oxygen atoms in total. The largest absolute Gasteiger partial charge is 0.466 e. The van der Waals surface area contributed by atoms with Gasteiger partial charge in [-0.2, -0.15) is 5.26 Å². The Hall–Kier alpha value is -4.34. The van der Waals surface area contributed by atoms with Gasteiger partial charge in [0.25, 0.3) is 0 Å². The highest BCUT2D eigenvalue weighted by molar-refractivity contribution is 7.91. The number of rotatable bonds is 7. The number of morpholine rings is 1. The highest BCUT2D eigenvalue weighted by Gasteiger charge is 2.44. The number of benzene rings is 2. The lowest BCUT2D eigenvalue weighted by molar-refractivity contribution is -0.139. The maximum absolute atomic E-state index is 13.6. The van der Waals surface area contributed by atoms with Crippen molar-refractivity contribution < 1.29 is 32.2 Å². The Morgan fingerprint density at radius 1 is 1.02 bits per heavy atom. The number of sulfone groups is 1. The SMILES string of the molecule is CCS(=O)(=O)c1ccc(N2CC(C)OC(C)C2)c(N2C(N)=C(C#N)C(c3ccccc3)C(C(=O)OC)=C2C(=O)OC)c1. The van der Waals surface area contributed by atoms with Crippen LogP contribution in [0.4, 0.5) is 11.4 Å². The number of hydrogen-bond acceptors (Lipinski definition) is 11. The third-order valence-electron chi connectivity index (χ3n) is 7.30. The predicted molar refractivity (Wildman–Crippen MR) is 156 cm³/mol. The Morgan fingerprint density at radius 3 is 2.19 bits per heavy atom. The Bertz CT molecular complexity index is 1580. The first-order valence-electron chi connectivity index (χ1n) is 13.4. The van der Waals surface area contributed by atoms with E-state index < -0.39 is 27.7 Å². The number of methoxy groups -OCH3 is 2. The molecule has 2 N–H and O–H groups in total. The van der Waals surface area contributed by atoms with E-state index in [1.54, 1.807) is 36.4 Å². The van der Waals surface area contributed by atoms with E-state index in [1.807, 2.05) is 18.7 Å². The fourth-order valence-electron chi connectivity index (χ4n) is 5.45. The molecule has 2 heterocycles. The van der Waals surface area contributed by atoms with Gasteiger partial charge in [-0.15, -0.1) is 0 Å². The van der Waals surface area contributed by atoms with E-state index in [0.29, 0.717) is 24.3 Å². The lowest BCUT2D eigenvalue weighted by Crippen LogP contribution is -2.47. The fourth-order valence-corrected chi connectivity index (χ4v) is 6.35. The second kappa shape index (κ2) is 12.3. The molecule has 0 aromatic heterocycles. The Labute approximate surface area is 245 Å². The fraction of sp³-hybridized carbons (Fsp3) is 0.367. The summed E-state index contributed by atoms with van der Waals surface area (Å²) in [5.74, 6) is -3.17. The number of ether oxygens (including phenoxy) is 3. The van der Waals surface area contributed by atoms with E-state index in [2.05, 4.69) is 6.07 Å². The summed E-state index contributed by atoms with van der Waals surface area (Å²) in [6.45, 7) is 6.26. The van der Waals surface area contributed by atoms with Crippen molar-refractivity contribution in [1.82, 2.24) is 0 Å². The van der Waals surface area contributed by atoms with E-state index in [1.165, 1.54) is 31.1 Å². The van der Waals surface area contributed by atoms with Crippen LogP contribution in [0, 0.1) is 11.3 Å². The van der Waals surface area contributed by atoms with Gasteiger partial charge in [0.05, 0.1) is 71.6 Å². The van der Waals surface area contributed by atoms with E-state index in [9.17, 15) is 23.3 Å². The lowest BCUT2D eigenvalue weighted by Gasteiger charge is -2.41. The third-order valence-corrected chi connectivity index (χ3v) is 9.03. The molecule has 2 aromatic rings. The molecule has 0 bridgehead atoms. The van der Waals surface area contributed by atoms with E-state index in [4.69, 9.17) is 19.9 Å². The number of carbonyl (C=O) groups excluding carboxylic acids is 2. The summed E-state index contributed by atoms with van der Waals surface area (Å²) in [6.07, 6.45) is -0.318. The van der Waals surface area contributed by atoms with Crippen LogP contribution >= 0.6 is 0 Å². The number of nitrogens with zero attached hydrogens (tertiary/aromatic N) is 3. The van der Waals surface area contributed by atoms with Gasteiger partial charge in [0.15, 0.2) is 9.84 Å². The molecule has 1 fully saturated rings. The van der Waals surface area contributed by atoms with Crippen LogP contribution in [0.2, 0.25) is 0 Å². The van der Waals surface area contributed by atoms with Crippen molar-refractivity contribution in [3.8, 4) is 6.07 Å². The number of hydrogen-bond donors (Lipinski definition) is 1. The van der Waals surface area contributed by atoms with E-state index in [-0.39, 0.29) is 51.2 Å². The summed E-state index contributed by atoms with van der Waals surface area (Å²) >= 11 is 0. The summed E-state index contributed by atoms with van der Waals surface area (Å²) < 4.78 is 42.2. The minimum absolute atomic E-state index is 0.0153. The molecule has 3 unspecified atom stereocenters. The molecule has 42 heavy (non-hydrogen) atoms. The molecular formula is C30H34N4O7S. The van der Waals surface area contributed by atoms with Gasteiger partial charge in [-0.25, -0.2) is 18.0 Å². The van der Waals surface area contributed by atoms with Gasteiger partial charge in [0.2, 0.25) is 0 Å². The van der Waals surface area contributed by atoms with Gasteiger partial charge in [-0.3, -0.25) is 4.90 Å². The summed E-state index contributed by atoms with van der Waals surface area (Å²) in [5.41, 5.74) is 7.49. The first kappa shape index (κ1) is 30.6. The van der Waals surface area contributed by atoms with Crippen molar-refractivity contribution in [3.63, 3.8) is 0 Å². The van der Waals surface area contributed by atoms with E-state index in [0.717, 1.165) is 7.11 Å². The standard InChI is InChI=1S/C30H34N4O7S/c1-6-42(37,38)21-12-13-23(33-16-18(2)41-19(3)17-33)24(14-21)34-27(30(36)40-5)26(29(35)39-4)25(22(15-31)28(34)32)20-10-8-7-9-11-20/h7-14,18-19,25H,6,16-17,32H2,1-5H3. The van der Waals surface area contributed by atoms with Crippen LogP contribution in [-0.2, 0) is 33.6 Å². The van der Waals surface area contributed by atoms with Crippen molar-refractivity contribution in [3.05, 3.63) is 76.8 Å². The van der Waals surface area contributed by atoms with Crippen LogP contribution in [-0.4, -0.2) is 65.6 Å². The molecular weight excluding hydrogens is 560 g/mol. The number of allylic oxidation sites excluding steroid dienone is 1. The summed E-state index contributed by atoms with van der Waals surface area (Å²) in [4.78, 5) is 30.3. The summed E-state index contributed by atoms with van der Waals surface area (Å²) in [6, 6.07) is 15.3. The van der Waals surface area contributed by atoms with Crippen molar-refractivity contribution in [2.45, 2.75) is 43.8 Å². The molecule has 12 heteroatoms. The number of anilines is 2. The number of carbonyl (C=O) groups is 2. The average Bonchev–Trinajstić information content (AvgIpc) is 2.99. The van der Waals surface area contributed by atoms with Crippen LogP contribution in [0.15, 0.2) is 76.1 Å². The lowest BCUT2D eigenvalue weighted by atomic mass is 9.81. The van der Waals surface area contributed by atoms with Gasteiger partial charge >= 0.3 is 11.9 Å². The smallest absolute Gasteiger partial charge is 0.355 e. The minimum atomic E-state index is -3.71. The van der Waals surface area contributed by atoms with Crippen LogP contribution in [0.5, 0.6) is 0 Å². The quantitative estimate of drug-likeness (QED) is 0.471. The summed E-state index contributed by atoms with van der Waals surface area (Å²) in [5, 5.41) is 10.4. The van der Waals surface area contributed by atoms with Gasteiger partial charge in [-0.05, 0) is 37.6 Å². The molecule has 1 saturated heterocycles. The van der Waals surface area contributed by atoms with Gasteiger partial charge in [-0.1, -0.05) is 37.3 Å². The van der Waals surface area contributed by atoms with Crippen LogP contribution in [0.1, 0.15) is 32.3 Å². The maximum Gasteiger partial charge on any atom is 0.355 e. The Kier molecular flexibility index (Phi) is 8.94. The zero-order chi connectivity index (χ0) is 30.8. The minimum Gasteiger partial charge on any atom is -0.466 e. The van der Waals surface area contributed by atoms with Crippen LogP contribution in [0.3, 0.4) is 0 Å². The predicted octanol–water partition coefficient (Wildman–Crippen LogP) is 2.99. The first-order valence-corrected chi connectivity index (χ1v) is 15.1. The molecule has 222 valence electrons. The normalized spacial score (nSPS) is 21.2. The number of esters is 2.